The van der Waals surface area contributed by atoms with Gasteiger partial charge in [-0.2, -0.15) is 4.98 Å². The van der Waals surface area contributed by atoms with Gasteiger partial charge in [0.15, 0.2) is 0 Å². The summed E-state index contributed by atoms with van der Waals surface area (Å²) in [7, 11) is 0. The van der Waals surface area contributed by atoms with E-state index in [9.17, 15) is 4.79 Å². The summed E-state index contributed by atoms with van der Waals surface area (Å²) in [6.45, 7) is 12.1. The molecular weight excluding hydrogens is 214 g/mol. The fraction of sp³-hybridized carbons (Fsp3) is 0.538. The fourth-order valence-electron chi connectivity index (χ4n) is 1.69. The van der Waals surface area contributed by atoms with Crippen LogP contribution in [0.25, 0.3) is 0 Å². The van der Waals surface area contributed by atoms with Gasteiger partial charge in [-0.25, -0.2) is 4.79 Å². The van der Waals surface area contributed by atoms with E-state index in [1.54, 1.807) is 4.57 Å². The van der Waals surface area contributed by atoms with Crippen LogP contribution in [0.4, 0.5) is 0 Å². The zero-order valence-corrected chi connectivity index (χ0v) is 10.9. The monoisotopic (exact) mass is 235 g/mol. The molecule has 1 heterocycles. The van der Waals surface area contributed by atoms with Crippen molar-refractivity contribution >= 4 is 0 Å². The molecule has 0 saturated carbocycles. The summed E-state index contributed by atoms with van der Waals surface area (Å²) in [6, 6.07) is 1.91. The average Bonchev–Trinajstić information content (AvgIpc) is 2.24. The number of rotatable bonds is 6. The SMILES string of the molecule is C=C(CNCCC)Cn1c(C)cc(C)nc1=O. The predicted octanol–water partition coefficient (Wildman–Crippen LogP) is 1.42. The van der Waals surface area contributed by atoms with Crippen molar-refractivity contribution in [3.05, 3.63) is 40.1 Å². The largest absolute Gasteiger partial charge is 0.348 e. The van der Waals surface area contributed by atoms with Gasteiger partial charge < -0.3 is 5.32 Å². The molecule has 0 aliphatic carbocycles. The van der Waals surface area contributed by atoms with Crippen LogP contribution in [-0.2, 0) is 6.54 Å². The number of nitrogens with one attached hydrogen (secondary N) is 1. The molecule has 0 atom stereocenters. The van der Waals surface area contributed by atoms with Crippen molar-refractivity contribution in [2.45, 2.75) is 33.7 Å². The highest BCUT2D eigenvalue weighted by Crippen LogP contribution is 2.00. The Morgan fingerprint density at radius 3 is 2.82 bits per heavy atom. The van der Waals surface area contributed by atoms with E-state index in [-0.39, 0.29) is 5.69 Å². The third kappa shape index (κ3) is 4.15. The standard InChI is InChI=1S/C13H21N3O/c1-5-6-14-8-10(2)9-16-12(4)7-11(3)15-13(16)17/h7,14H,2,5-6,8-9H2,1,3-4H3. The van der Waals surface area contributed by atoms with Crippen LogP contribution in [0.1, 0.15) is 24.7 Å². The molecule has 1 aromatic rings. The lowest BCUT2D eigenvalue weighted by molar-refractivity contribution is 0.640. The van der Waals surface area contributed by atoms with Crippen molar-refractivity contribution in [2.24, 2.45) is 0 Å². The van der Waals surface area contributed by atoms with Crippen LogP contribution in [-0.4, -0.2) is 22.6 Å². The predicted molar refractivity (Wildman–Crippen MR) is 70.3 cm³/mol. The first-order valence-corrected chi connectivity index (χ1v) is 5.97. The zero-order chi connectivity index (χ0) is 12.8. The van der Waals surface area contributed by atoms with E-state index in [1.165, 1.54) is 0 Å². The average molecular weight is 235 g/mol. The zero-order valence-electron chi connectivity index (χ0n) is 10.9. The molecule has 0 spiro atoms. The van der Waals surface area contributed by atoms with Gasteiger partial charge in [-0.1, -0.05) is 13.5 Å². The second kappa shape index (κ2) is 6.35. The fourth-order valence-corrected chi connectivity index (χ4v) is 1.69. The number of hydrogen-bond acceptors (Lipinski definition) is 3. The first-order chi connectivity index (χ1) is 8.04. The molecule has 0 radical (unpaired) electrons. The molecule has 4 nitrogen and oxygen atoms in total. The molecule has 0 saturated heterocycles. The minimum absolute atomic E-state index is 0.195. The molecule has 0 unspecified atom stereocenters. The first kappa shape index (κ1) is 13.6. The first-order valence-electron chi connectivity index (χ1n) is 5.97. The molecule has 0 aliphatic rings. The van der Waals surface area contributed by atoms with Crippen LogP contribution >= 0.6 is 0 Å². The molecule has 0 bridgehead atoms. The van der Waals surface area contributed by atoms with Gasteiger partial charge in [-0.3, -0.25) is 4.57 Å². The van der Waals surface area contributed by atoms with Crippen LogP contribution in [0.5, 0.6) is 0 Å². The third-order valence-electron chi connectivity index (χ3n) is 2.53. The van der Waals surface area contributed by atoms with E-state index < -0.39 is 0 Å². The van der Waals surface area contributed by atoms with E-state index in [1.807, 2.05) is 19.9 Å². The van der Waals surface area contributed by atoms with Gasteiger partial charge in [0.25, 0.3) is 0 Å². The van der Waals surface area contributed by atoms with E-state index in [0.29, 0.717) is 6.54 Å². The van der Waals surface area contributed by atoms with Crippen molar-refractivity contribution in [1.82, 2.24) is 14.9 Å². The Labute approximate surface area is 102 Å². The summed E-state index contributed by atoms with van der Waals surface area (Å²) >= 11 is 0. The van der Waals surface area contributed by atoms with Crippen LogP contribution in [0.3, 0.4) is 0 Å². The van der Waals surface area contributed by atoms with Gasteiger partial charge in [0.1, 0.15) is 0 Å². The second-order valence-electron chi connectivity index (χ2n) is 4.33. The Balaban J connectivity index is 2.69. The molecule has 1 N–H and O–H groups in total. The van der Waals surface area contributed by atoms with Crippen molar-refractivity contribution in [3.63, 3.8) is 0 Å². The lowest BCUT2D eigenvalue weighted by atomic mass is 10.2. The lowest BCUT2D eigenvalue weighted by Gasteiger charge is -2.12. The van der Waals surface area contributed by atoms with Gasteiger partial charge in [-0.15, -0.1) is 0 Å². The topological polar surface area (TPSA) is 46.9 Å². The highest BCUT2D eigenvalue weighted by molar-refractivity contribution is 5.09. The molecule has 0 fully saturated rings. The van der Waals surface area contributed by atoms with Crippen molar-refractivity contribution in [2.75, 3.05) is 13.1 Å². The van der Waals surface area contributed by atoms with Crippen molar-refractivity contribution in [1.29, 1.82) is 0 Å². The molecule has 0 aliphatic heterocycles. The van der Waals surface area contributed by atoms with Crippen molar-refractivity contribution < 1.29 is 0 Å². The van der Waals surface area contributed by atoms with E-state index >= 15 is 0 Å². The number of aromatic nitrogens is 2. The van der Waals surface area contributed by atoms with E-state index in [2.05, 4.69) is 23.8 Å². The molecule has 4 heteroatoms. The summed E-state index contributed by atoms with van der Waals surface area (Å²) < 4.78 is 1.66. The van der Waals surface area contributed by atoms with E-state index in [4.69, 9.17) is 0 Å². The van der Waals surface area contributed by atoms with Gasteiger partial charge in [0.2, 0.25) is 0 Å². The Kier molecular flexibility index (Phi) is 5.10. The molecule has 1 aromatic heterocycles. The maximum Gasteiger partial charge on any atom is 0.348 e. The lowest BCUT2D eigenvalue weighted by Crippen LogP contribution is -2.28. The molecule has 1 rings (SSSR count). The Morgan fingerprint density at radius 1 is 1.53 bits per heavy atom. The molecular formula is C13H21N3O. The molecule has 94 valence electrons. The van der Waals surface area contributed by atoms with Crippen LogP contribution in [0.2, 0.25) is 0 Å². The molecule has 0 aromatic carbocycles. The number of nitrogens with zero attached hydrogens (tertiary/aromatic N) is 2. The van der Waals surface area contributed by atoms with E-state index in [0.717, 1.165) is 36.5 Å². The van der Waals surface area contributed by atoms with Crippen LogP contribution in [0, 0.1) is 13.8 Å². The normalized spacial score (nSPS) is 10.5. The minimum Gasteiger partial charge on any atom is -0.313 e. The van der Waals surface area contributed by atoms with Gasteiger partial charge in [0.05, 0.1) is 0 Å². The summed E-state index contributed by atoms with van der Waals surface area (Å²) in [5.74, 6) is 0. The number of hydrogen-bond donors (Lipinski definition) is 1. The summed E-state index contributed by atoms with van der Waals surface area (Å²) in [4.78, 5) is 15.6. The number of aryl methyl sites for hydroxylation is 2. The van der Waals surface area contributed by atoms with Crippen LogP contribution < -0.4 is 11.0 Å². The third-order valence-corrected chi connectivity index (χ3v) is 2.53. The summed E-state index contributed by atoms with van der Waals surface area (Å²) in [5.41, 5.74) is 2.49. The smallest absolute Gasteiger partial charge is 0.313 e. The minimum atomic E-state index is -0.195. The van der Waals surface area contributed by atoms with Gasteiger partial charge in [-0.05, 0) is 38.5 Å². The Bertz CT molecular complexity index is 448. The highest BCUT2D eigenvalue weighted by atomic mass is 16.1. The summed E-state index contributed by atoms with van der Waals surface area (Å²) in [5, 5.41) is 3.27. The second-order valence-corrected chi connectivity index (χ2v) is 4.33. The molecule has 17 heavy (non-hydrogen) atoms. The quantitative estimate of drug-likeness (QED) is 0.599. The molecule has 0 amide bonds. The highest BCUT2D eigenvalue weighted by Gasteiger charge is 2.04. The maximum absolute atomic E-state index is 11.7. The van der Waals surface area contributed by atoms with Crippen molar-refractivity contribution in [3.8, 4) is 0 Å². The Morgan fingerprint density at radius 2 is 2.24 bits per heavy atom. The van der Waals surface area contributed by atoms with Crippen LogP contribution in [0.15, 0.2) is 23.0 Å². The maximum atomic E-state index is 11.7. The summed E-state index contributed by atoms with van der Waals surface area (Å²) in [6.07, 6.45) is 1.10. The Hall–Kier alpha value is -1.42. The van der Waals surface area contributed by atoms with Gasteiger partial charge in [0, 0.05) is 24.5 Å². The van der Waals surface area contributed by atoms with Gasteiger partial charge >= 0.3 is 5.69 Å².